The van der Waals surface area contributed by atoms with Gasteiger partial charge in [0.2, 0.25) is 11.8 Å². The molecule has 0 saturated carbocycles. The normalized spacial score (nSPS) is 24.2. The lowest BCUT2D eigenvalue weighted by Gasteiger charge is -2.52. The van der Waals surface area contributed by atoms with E-state index in [4.69, 9.17) is 28.9 Å². The number of benzene rings is 2. The minimum Gasteiger partial charge on any atom is -0.383 e. The molecule has 3 rings (SSSR count). The van der Waals surface area contributed by atoms with Crippen molar-refractivity contribution in [1.82, 2.24) is 4.90 Å². The molecular formula is C26H32Cl2N2O3. The van der Waals surface area contributed by atoms with Crippen LogP contribution in [0.25, 0.3) is 0 Å². The summed E-state index contributed by atoms with van der Waals surface area (Å²) in [7, 11) is 0. The number of carbonyl (C=O) groups is 2. The topological polar surface area (TPSA) is 83.6 Å². The van der Waals surface area contributed by atoms with Crippen molar-refractivity contribution >= 4 is 35.0 Å². The maximum Gasteiger partial charge on any atom is 0.246 e. The van der Waals surface area contributed by atoms with Crippen LogP contribution in [0, 0.1) is 5.41 Å². The second-order valence-corrected chi connectivity index (χ2v) is 10.1. The monoisotopic (exact) mass is 490 g/mol. The summed E-state index contributed by atoms with van der Waals surface area (Å²) in [4.78, 5) is 27.7. The van der Waals surface area contributed by atoms with Crippen LogP contribution in [0.2, 0.25) is 10.0 Å². The van der Waals surface area contributed by atoms with Gasteiger partial charge in [0, 0.05) is 22.0 Å². The van der Waals surface area contributed by atoms with Gasteiger partial charge >= 0.3 is 0 Å². The van der Waals surface area contributed by atoms with Gasteiger partial charge in [-0.05, 0) is 61.1 Å². The molecule has 2 amide bonds. The van der Waals surface area contributed by atoms with E-state index < -0.39 is 17.4 Å². The molecule has 33 heavy (non-hydrogen) atoms. The third-order valence-electron chi connectivity index (χ3n) is 6.90. The molecular weight excluding hydrogens is 459 g/mol. The number of hydrogen-bond acceptors (Lipinski definition) is 3. The highest BCUT2D eigenvalue weighted by atomic mass is 35.5. The Bertz CT molecular complexity index is 993. The number of aliphatic hydroxyl groups is 1. The highest BCUT2D eigenvalue weighted by Crippen LogP contribution is 2.52. The molecule has 3 N–H and O–H groups in total. The Morgan fingerprint density at radius 3 is 2.30 bits per heavy atom. The number of nitrogens with zero attached hydrogens (tertiary/aromatic N) is 1. The minimum atomic E-state index is -1.39. The van der Waals surface area contributed by atoms with Gasteiger partial charge in [-0.25, -0.2) is 0 Å². The highest BCUT2D eigenvalue weighted by molar-refractivity contribution is 6.30. The predicted octanol–water partition coefficient (Wildman–Crippen LogP) is 5.48. The Kier molecular flexibility index (Phi) is 8.09. The van der Waals surface area contributed by atoms with E-state index in [2.05, 4.69) is 13.8 Å². The average Bonchev–Trinajstić information content (AvgIpc) is 2.78. The van der Waals surface area contributed by atoms with Gasteiger partial charge in [-0.3, -0.25) is 9.59 Å². The van der Waals surface area contributed by atoms with Crippen LogP contribution in [0.3, 0.4) is 0 Å². The van der Waals surface area contributed by atoms with Crippen molar-refractivity contribution in [2.24, 2.45) is 11.1 Å². The first-order chi connectivity index (χ1) is 15.6. The highest BCUT2D eigenvalue weighted by Gasteiger charge is 2.52. The first kappa shape index (κ1) is 25.5. The van der Waals surface area contributed by atoms with Crippen molar-refractivity contribution < 1.29 is 14.7 Å². The van der Waals surface area contributed by atoms with E-state index in [1.165, 1.54) is 0 Å². The van der Waals surface area contributed by atoms with Gasteiger partial charge in [-0.1, -0.05) is 68.2 Å². The van der Waals surface area contributed by atoms with Crippen LogP contribution in [0.1, 0.15) is 69.5 Å². The van der Waals surface area contributed by atoms with E-state index >= 15 is 0 Å². The lowest BCUT2D eigenvalue weighted by atomic mass is 9.66. The summed E-state index contributed by atoms with van der Waals surface area (Å²) in [5, 5.41) is 11.6. The molecule has 0 bridgehead atoms. The maximum atomic E-state index is 14.1. The van der Waals surface area contributed by atoms with Gasteiger partial charge in [-0.2, -0.15) is 0 Å². The SMILES string of the molecule is CCC(CC)N1C(=O)[C@@](C)(C[C@@H](O)C(N)=O)C[C@H](c2cccc(Cl)c2)[C@H]1c1ccc(Cl)cc1. The first-order valence-electron chi connectivity index (χ1n) is 11.4. The molecule has 2 aromatic rings. The lowest BCUT2D eigenvalue weighted by Crippen LogP contribution is -2.56. The standard InChI is InChI=1S/C26H32Cl2N2O3/c1-4-20(5-2)30-23(16-9-11-18(27)12-10-16)21(17-7-6-8-19(28)13-17)14-26(3,25(30)33)15-22(31)24(29)32/h6-13,20-23,31H,4-5,14-15H2,1-3H3,(H2,29,32)/t21-,22-,23-,26-/m1/s1. The fourth-order valence-electron chi connectivity index (χ4n) is 5.18. The number of piperidine rings is 1. The molecule has 5 nitrogen and oxygen atoms in total. The molecule has 0 aromatic heterocycles. The van der Waals surface area contributed by atoms with Gasteiger partial charge in [0.15, 0.2) is 0 Å². The number of rotatable bonds is 8. The fraction of sp³-hybridized carbons (Fsp3) is 0.462. The third kappa shape index (κ3) is 5.37. The van der Waals surface area contributed by atoms with Crippen molar-refractivity contribution in [3.63, 3.8) is 0 Å². The Hall–Kier alpha value is -2.08. The van der Waals surface area contributed by atoms with Crippen LogP contribution in [-0.4, -0.2) is 34.0 Å². The zero-order chi connectivity index (χ0) is 24.3. The van der Waals surface area contributed by atoms with E-state index in [1.807, 2.05) is 60.4 Å². The number of likely N-dealkylation sites (tertiary alicyclic amines) is 1. The van der Waals surface area contributed by atoms with Crippen LogP contribution >= 0.6 is 23.2 Å². The summed E-state index contributed by atoms with van der Waals surface area (Å²) in [5.41, 5.74) is 6.39. The van der Waals surface area contributed by atoms with Gasteiger partial charge in [0.1, 0.15) is 6.10 Å². The van der Waals surface area contributed by atoms with E-state index in [0.717, 1.165) is 24.0 Å². The molecule has 0 unspecified atom stereocenters. The van der Waals surface area contributed by atoms with Crippen molar-refractivity contribution in [3.05, 3.63) is 69.7 Å². The van der Waals surface area contributed by atoms with Crippen LogP contribution in [0.4, 0.5) is 0 Å². The zero-order valence-electron chi connectivity index (χ0n) is 19.3. The quantitative estimate of drug-likeness (QED) is 0.513. The summed E-state index contributed by atoms with van der Waals surface area (Å²) in [5.74, 6) is -1.000. The lowest BCUT2D eigenvalue weighted by molar-refractivity contribution is -0.158. The van der Waals surface area contributed by atoms with Crippen LogP contribution in [0.5, 0.6) is 0 Å². The van der Waals surface area contributed by atoms with Crippen molar-refractivity contribution in [1.29, 1.82) is 0 Å². The number of halogens is 2. The molecule has 1 heterocycles. The van der Waals surface area contributed by atoms with E-state index in [9.17, 15) is 14.7 Å². The second-order valence-electron chi connectivity index (χ2n) is 9.23. The second kappa shape index (κ2) is 10.5. The van der Waals surface area contributed by atoms with Gasteiger partial charge in [-0.15, -0.1) is 0 Å². The summed E-state index contributed by atoms with van der Waals surface area (Å²) >= 11 is 12.5. The van der Waals surface area contributed by atoms with Crippen LogP contribution in [0.15, 0.2) is 48.5 Å². The minimum absolute atomic E-state index is 0.00907. The van der Waals surface area contributed by atoms with Crippen molar-refractivity contribution in [2.75, 3.05) is 0 Å². The number of carbonyl (C=O) groups excluding carboxylic acids is 2. The number of amides is 2. The maximum absolute atomic E-state index is 14.1. The van der Waals surface area contributed by atoms with Gasteiger partial charge in [0.05, 0.1) is 11.5 Å². The smallest absolute Gasteiger partial charge is 0.246 e. The van der Waals surface area contributed by atoms with Crippen LogP contribution in [-0.2, 0) is 9.59 Å². The molecule has 1 aliphatic heterocycles. The van der Waals surface area contributed by atoms with Gasteiger partial charge < -0.3 is 15.7 Å². The summed E-state index contributed by atoms with van der Waals surface area (Å²) in [6, 6.07) is 15.0. The molecule has 0 spiro atoms. The van der Waals surface area contributed by atoms with E-state index in [1.54, 1.807) is 0 Å². The molecule has 0 aliphatic carbocycles. The number of primary amides is 1. The Morgan fingerprint density at radius 1 is 1.12 bits per heavy atom. The Balaban J connectivity index is 2.20. The number of hydrogen-bond donors (Lipinski definition) is 2. The molecule has 1 fully saturated rings. The average molecular weight is 491 g/mol. The fourth-order valence-corrected chi connectivity index (χ4v) is 5.50. The molecule has 178 valence electrons. The molecule has 0 radical (unpaired) electrons. The molecule has 7 heteroatoms. The molecule has 2 aromatic carbocycles. The zero-order valence-corrected chi connectivity index (χ0v) is 20.8. The third-order valence-corrected chi connectivity index (χ3v) is 7.39. The summed E-state index contributed by atoms with van der Waals surface area (Å²) < 4.78 is 0. The van der Waals surface area contributed by atoms with Crippen molar-refractivity contribution in [2.45, 2.75) is 70.6 Å². The van der Waals surface area contributed by atoms with Gasteiger partial charge in [0.25, 0.3) is 0 Å². The van der Waals surface area contributed by atoms with Crippen LogP contribution < -0.4 is 5.73 Å². The summed E-state index contributed by atoms with van der Waals surface area (Å²) in [6.07, 6.45) is 0.587. The number of nitrogens with two attached hydrogens (primary N) is 1. The Morgan fingerprint density at radius 2 is 1.76 bits per heavy atom. The van der Waals surface area contributed by atoms with E-state index in [-0.39, 0.29) is 30.3 Å². The van der Waals surface area contributed by atoms with E-state index in [0.29, 0.717) is 16.5 Å². The summed E-state index contributed by atoms with van der Waals surface area (Å²) in [6.45, 7) is 5.96. The predicted molar refractivity (Wildman–Crippen MR) is 132 cm³/mol. The van der Waals surface area contributed by atoms with Crippen molar-refractivity contribution in [3.8, 4) is 0 Å². The molecule has 4 atom stereocenters. The largest absolute Gasteiger partial charge is 0.383 e. The Labute approximate surface area is 205 Å². The number of aliphatic hydroxyl groups excluding tert-OH is 1. The molecule has 1 aliphatic rings. The first-order valence-corrected chi connectivity index (χ1v) is 12.2. The molecule has 1 saturated heterocycles.